The Balaban J connectivity index is 1.50. The van der Waals surface area contributed by atoms with Crippen LogP contribution in [0.4, 0.5) is 0 Å². The number of carbonyl (C=O) groups excluding carboxylic acids is 2. The zero-order valence-electron chi connectivity index (χ0n) is 20.8. The summed E-state index contributed by atoms with van der Waals surface area (Å²) in [7, 11) is 0. The van der Waals surface area contributed by atoms with Gasteiger partial charge in [-0.25, -0.2) is 19.6 Å². The third-order valence-corrected chi connectivity index (χ3v) is 5.64. The van der Waals surface area contributed by atoms with Gasteiger partial charge in [-0.2, -0.15) is 0 Å². The van der Waals surface area contributed by atoms with Crippen LogP contribution < -0.4 is 0 Å². The van der Waals surface area contributed by atoms with Crippen molar-refractivity contribution in [1.82, 2.24) is 9.97 Å². The molecular formula is C30H24N2O6. The summed E-state index contributed by atoms with van der Waals surface area (Å²) in [5.41, 5.74) is 2.92. The fraction of sp³-hybridized carbons (Fsp3) is 0.133. The molecule has 2 aromatic heterocycles. The van der Waals surface area contributed by atoms with E-state index in [0.717, 1.165) is 0 Å². The van der Waals surface area contributed by atoms with E-state index in [-0.39, 0.29) is 36.4 Å². The van der Waals surface area contributed by atoms with Crippen LogP contribution in [0.15, 0.2) is 93.8 Å². The molecule has 0 radical (unpaired) electrons. The summed E-state index contributed by atoms with van der Waals surface area (Å²) in [6.07, 6.45) is 0. The van der Waals surface area contributed by atoms with Crippen molar-refractivity contribution in [3.8, 4) is 45.6 Å². The Bertz CT molecular complexity index is 1440. The Hall–Kier alpha value is -4.98. The average Bonchev–Trinajstić information content (AvgIpc) is 3.61. The summed E-state index contributed by atoms with van der Waals surface area (Å²) in [6, 6.07) is 25.6. The Kier molecular flexibility index (Phi) is 7.13. The number of hydrogen-bond acceptors (Lipinski definition) is 8. The zero-order chi connectivity index (χ0) is 26.5. The molecule has 8 nitrogen and oxygen atoms in total. The van der Waals surface area contributed by atoms with Crippen LogP contribution >= 0.6 is 0 Å². The maximum atomic E-state index is 12.6. The highest BCUT2D eigenvalue weighted by Gasteiger charge is 2.25. The fourth-order valence-corrected chi connectivity index (χ4v) is 3.89. The molecule has 0 spiro atoms. The first-order valence-electron chi connectivity index (χ1n) is 12.2. The number of ether oxygens (including phenoxy) is 2. The summed E-state index contributed by atoms with van der Waals surface area (Å²) in [6.45, 7) is 3.91. The maximum absolute atomic E-state index is 12.6. The van der Waals surface area contributed by atoms with Gasteiger partial charge in [0.25, 0.3) is 0 Å². The molecule has 8 heteroatoms. The van der Waals surface area contributed by atoms with E-state index in [9.17, 15) is 9.59 Å². The minimum Gasteiger partial charge on any atom is -0.461 e. The van der Waals surface area contributed by atoms with Gasteiger partial charge in [0.1, 0.15) is 0 Å². The maximum Gasteiger partial charge on any atom is 0.361 e. The Labute approximate surface area is 218 Å². The lowest BCUT2D eigenvalue weighted by atomic mass is 10.1. The van der Waals surface area contributed by atoms with Crippen LogP contribution in [-0.4, -0.2) is 35.1 Å². The van der Waals surface area contributed by atoms with Gasteiger partial charge in [-0.3, -0.25) is 0 Å². The molecule has 0 aliphatic rings. The second-order valence-electron chi connectivity index (χ2n) is 8.14. The third kappa shape index (κ3) is 4.97. The SMILES string of the molecule is CCOC(=O)c1nc(-c2ccc(-c3nc(C(=O)OCC)c(-c4ccccc4)o3)cc2)oc1-c1ccccc1. The van der Waals surface area contributed by atoms with Crippen LogP contribution in [0.5, 0.6) is 0 Å². The molecule has 0 aliphatic heterocycles. The van der Waals surface area contributed by atoms with E-state index < -0.39 is 11.9 Å². The van der Waals surface area contributed by atoms with Crippen molar-refractivity contribution < 1.29 is 27.9 Å². The largest absolute Gasteiger partial charge is 0.461 e. The summed E-state index contributed by atoms with van der Waals surface area (Å²) in [4.78, 5) is 34.0. The first-order chi connectivity index (χ1) is 18.6. The quantitative estimate of drug-likeness (QED) is 0.214. The smallest absolute Gasteiger partial charge is 0.361 e. The molecule has 190 valence electrons. The molecule has 5 aromatic rings. The van der Waals surface area contributed by atoms with Crippen molar-refractivity contribution in [2.24, 2.45) is 0 Å². The molecule has 2 heterocycles. The van der Waals surface area contributed by atoms with Gasteiger partial charge in [0.2, 0.25) is 11.8 Å². The molecule has 0 saturated heterocycles. The van der Waals surface area contributed by atoms with Gasteiger partial charge in [-0.05, 0) is 38.1 Å². The van der Waals surface area contributed by atoms with Crippen molar-refractivity contribution in [1.29, 1.82) is 0 Å². The second-order valence-corrected chi connectivity index (χ2v) is 8.14. The van der Waals surface area contributed by atoms with Gasteiger partial charge in [0.05, 0.1) is 13.2 Å². The topological polar surface area (TPSA) is 105 Å². The Morgan fingerprint density at radius 3 is 1.29 bits per heavy atom. The molecule has 0 aliphatic carbocycles. The van der Waals surface area contributed by atoms with E-state index in [1.54, 1.807) is 38.1 Å². The van der Waals surface area contributed by atoms with Crippen LogP contribution in [-0.2, 0) is 9.47 Å². The van der Waals surface area contributed by atoms with Gasteiger partial charge in [-0.15, -0.1) is 0 Å². The highest BCUT2D eigenvalue weighted by atomic mass is 16.5. The number of hydrogen-bond donors (Lipinski definition) is 0. The fourth-order valence-electron chi connectivity index (χ4n) is 3.89. The lowest BCUT2D eigenvalue weighted by Crippen LogP contribution is -2.06. The van der Waals surface area contributed by atoms with E-state index >= 15 is 0 Å². The van der Waals surface area contributed by atoms with E-state index in [2.05, 4.69) is 9.97 Å². The lowest BCUT2D eigenvalue weighted by Gasteiger charge is -2.01. The number of oxazole rings is 2. The molecule has 0 atom stereocenters. The predicted molar refractivity (Wildman–Crippen MR) is 140 cm³/mol. The molecule has 38 heavy (non-hydrogen) atoms. The second kappa shape index (κ2) is 11.0. The summed E-state index contributed by atoms with van der Waals surface area (Å²) in [5, 5.41) is 0. The molecule has 0 saturated carbocycles. The standard InChI is InChI=1S/C30H24N2O6/c1-3-35-29(33)23-25(19-11-7-5-8-12-19)37-27(31-23)21-15-17-22(18-16-21)28-32-24(30(34)36-4-2)26(38-28)20-13-9-6-10-14-20/h5-18H,3-4H2,1-2H3. The van der Waals surface area contributed by atoms with Crippen molar-refractivity contribution in [2.45, 2.75) is 13.8 Å². The first kappa shape index (κ1) is 24.7. The Morgan fingerprint density at radius 1 is 0.579 bits per heavy atom. The van der Waals surface area contributed by atoms with Crippen molar-refractivity contribution in [3.63, 3.8) is 0 Å². The summed E-state index contributed by atoms with van der Waals surface area (Å²) >= 11 is 0. The Morgan fingerprint density at radius 2 is 0.947 bits per heavy atom. The van der Waals surface area contributed by atoms with Gasteiger partial charge >= 0.3 is 11.9 Å². The van der Waals surface area contributed by atoms with Crippen LogP contribution in [0.2, 0.25) is 0 Å². The lowest BCUT2D eigenvalue weighted by molar-refractivity contribution is 0.0511. The van der Waals surface area contributed by atoms with Gasteiger partial charge < -0.3 is 18.3 Å². The molecule has 0 amide bonds. The van der Waals surface area contributed by atoms with Gasteiger partial charge in [0.15, 0.2) is 22.9 Å². The van der Waals surface area contributed by atoms with E-state index in [4.69, 9.17) is 18.3 Å². The van der Waals surface area contributed by atoms with E-state index in [0.29, 0.717) is 33.8 Å². The number of benzene rings is 3. The van der Waals surface area contributed by atoms with Crippen LogP contribution in [0.3, 0.4) is 0 Å². The molecule has 5 rings (SSSR count). The van der Waals surface area contributed by atoms with E-state index in [1.165, 1.54) is 0 Å². The van der Waals surface area contributed by atoms with Gasteiger partial charge in [0, 0.05) is 22.3 Å². The van der Waals surface area contributed by atoms with Crippen molar-refractivity contribution in [3.05, 3.63) is 96.3 Å². The number of carbonyl (C=O) groups is 2. The number of nitrogens with zero attached hydrogens (tertiary/aromatic N) is 2. The normalized spacial score (nSPS) is 10.8. The average molecular weight is 509 g/mol. The molecular weight excluding hydrogens is 484 g/mol. The van der Waals surface area contributed by atoms with Gasteiger partial charge in [-0.1, -0.05) is 60.7 Å². The molecule has 0 unspecified atom stereocenters. The monoisotopic (exact) mass is 508 g/mol. The highest BCUT2D eigenvalue weighted by Crippen LogP contribution is 2.33. The zero-order valence-corrected chi connectivity index (χ0v) is 20.8. The molecule has 0 bridgehead atoms. The van der Waals surface area contributed by atoms with E-state index in [1.807, 2.05) is 60.7 Å². The van der Waals surface area contributed by atoms with Crippen LogP contribution in [0, 0.1) is 0 Å². The minimum atomic E-state index is -0.558. The number of esters is 2. The molecule has 0 fully saturated rings. The highest BCUT2D eigenvalue weighted by molar-refractivity contribution is 5.95. The third-order valence-electron chi connectivity index (χ3n) is 5.64. The van der Waals surface area contributed by atoms with Crippen molar-refractivity contribution >= 4 is 11.9 Å². The van der Waals surface area contributed by atoms with Crippen LogP contribution in [0.1, 0.15) is 34.8 Å². The number of rotatable bonds is 8. The minimum absolute atomic E-state index is 0.108. The van der Waals surface area contributed by atoms with Crippen molar-refractivity contribution in [2.75, 3.05) is 13.2 Å². The predicted octanol–water partition coefficient (Wildman–Crippen LogP) is 6.68. The summed E-state index contributed by atoms with van der Waals surface area (Å²) < 4.78 is 22.4. The number of aromatic nitrogens is 2. The first-order valence-corrected chi connectivity index (χ1v) is 12.2. The summed E-state index contributed by atoms with van der Waals surface area (Å²) in [5.74, 6) is 0.0892. The van der Waals surface area contributed by atoms with Crippen LogP contribution in [0.25, 0.3) is 45.6 Å². The molecule has 3 aromatic carbocycles. The molecule has 0 N–H and O–H groups in total.